The molecule has 25 heavy (non-hydrogen) atoms. The summed E-state index contributed by atoms with van der Waals surface area (Å²) >= 11 is 0. The maximum atomic E-state index is 13.0. The van der Waals surface area contributed by atoms with E-state index in [9.17, 15) is 13.2 Å². The predicted molar refractivity (Wildman–Crippen MR) is 97.2 cm³/mol. The lowest BCUT2D eigenvalue weighted by Crippen LogP contribution is -2.52. The Morgan fingerprint density at radius 3 is 2.56 bits per heavy atom. The van der Waals surface area contributed by atoms with Crippen LogP contribution in [0.4, 0.5) is 0 Å². The van der Waals surface area contributed by atoms with Crippen LogP contribution in [0, 0.1) is 6.92 Å². The number of hydrogen-bond donors (Lipinski definition) is 1. The highest BCUT2D eigenvalue weighted by Gasteiger charge is 2.29. The second-order valence-electron chi connectivity index (χ2n) is 6.99. The van der Waals surface area contributed by atoms with E-state index in [-0.39, 0.29) is 16.8 Å². The number of hydrogen-bond acceptors (Lipinski definition) is 4. The summed E-state index contributed by atoms with van der Waals surface area (Å²) in [7, 11) is -3.53. The van der Waals surface area contributed by atoms with Gasteiger partial charge in [-0.1, -0.05) is 12.5 Å². The van der Waals surface area contributed by atoms with Gasteiger partial charge in [-0.3, -0.25) is 4.79 Å². The molecule has 2 saturated heterocycles. The number of nitrogens with zero attached hydrogens (tertiary/aromatic N) is 2. The van der Waals surface area contributed by atoms with E-state index >= 15 is 0 Å². The first kappa shape index (κ1) is 18.4. The average molecular weight is 365 g/mol. The second-order valence-corrected chi connectivity index (χ2v) is 8.93. The van der Waals surface area contributed by atoms with Crippen molar-refractivity contribution in [3.63, 3.8) is 0 Å². The zero-order valence-electron chi connectivity index (χ0n) is 15.0. The molecule has 2 heterocycles. The van der Waals surface area contributed by atoms with Crippen molar-refractivity contribution in [2.45, 2.75) is 44.0 Å². The standard InChI is InChI=1S/C18H27N3O3S/c1-14-6-7-16(25(23,24)20-9-4-3-5-10-20)12-17(14)18(22)21-11-8-19-13-15(21)2/h6-7,12,15,19H,3-5,8-11,13H2,1-2H3/t15-/m0/s1. The largest absolute Gasteiger partial charge is 0.333 e. The van der Waals surface area contributed by atoms with Crippen LogP contribution in [-0.4, -0.2) is 62.3 Å². The average Bonchev–Trinajstić information content (AvgIpc) is 2.62. The summed E-state index contributed by atoms with van der Waals surface area (Å²) in [5.41, 5.74) is 1.31. The Labute approximate surface area is 150 Å². The van der Waals surface area contributed by atoms with Gasteiger partial charge in [-0.15, -0.1) is 0 Å². The molecular weight excluding hydrogens is 338 g/mol. The third kappa shape index (κ3) is 3.73. The highest BCUT2D eigenvalue weighted by molar-refractivity contribution is 7.89. The molecule has 0 spiro atoms. The van der Waals surface area contributed by atoms with Gasteiger partial charge in [0.1, 0.15) is 0 Å². The molecule has 1 aromatic rings. The molecule has 1 amide bonds. The van der Waals surface area contributed by atoms with Crippen molar-refractivity contribution in [2.24, 2.45) is 0 Å². The van der Waals surface area contributed by atoms with Crippen molar-refractivity contribution in [2.75, 3.05) is 32.7 Å². The molecule has 7 heteroatoms. The maximum absolute atomic E-state index is 13.0. The number of piperidine rings is 1. The van der Waals surface area contributed by atoms with Crippen LogP contribution in [0.15, 0.2) is 23.1 Å². The van der Waals surface area contributed by atoms with E-state index in [1.807, 2.05) is 18.7 Å². The summed E-state index contributed by atoms with van der Waals surface area (Å²) in [6.07, 6.45) is 2.87. The minimum absolute atomic E-state index is 0.0813. The molecule has 0 saturated carbocycles. The summed E-state index contributed by atoms with van der Waals surface area (Å²) in [5, 5.41) is 3.27. The van der Waals surface area contributed by atoms with Crippen LogP contribution >= 0.6 is 0 Å². The second kappa shape index (κ2) is 7.43. The van der Waals surface area contributed by atoms with Crippen LogP contribution in [0.1, 0.15) is 42.1 Å². The Morgan fingerprint density at radius 1 is 1.16 bits per heavy atom. The van der Waals surface area contributed by atoms with Gasteiger partial charge in [-0.2, -0.15) is 4.31 Å². The van der Waals surface area contributed by atoms with Crippen LogP contribution in [0.5, 0.6) is 0 Å². The molecule has 3 rings (SSSR count). The summed E-state index contributed by atoms with van der Waals surface area (Å²) in [4.78, 5) is 15.0. The molecule has 0 aromatic heterocycles. The van der Waals surface area contributed by atoms with Crippen molar-refractivity contribution >= 4 is 15.9 Å². The number of aryl methyl sites for hydroxylation is 1. The van der Waals surface area contributed by atoms with Gasteiger partial charge in [0.2, 0.25) is 10.0 Å². The lowest BCUT2D eigenvalue weighted by atomic mass is 10.1. The van der Waals surface area contributed by atoms with Crippen molar-refractivity contribution < 1.29 is 13.2 Å². The third-order valence-corrected chi connectivity index (χ3v) is 7.05. The minimum atomic E-state index is -3.53. The Morgan fingerprint density at radius 2 is 1.88 bits per heavy atom. The van der Waals surface area contributed by atoms with E-state index in [4.69, 9.17) is 0 Å². The van der Waals surface area contributed by atoms with E-state index < -0.39 is 10.0 Å². The Balaban J connectivity index is 1.91. The van der Waals surface area contributed by atoms with Gasteiger partial charge >= 0.3 is 0 Å². The van der Waals surface area contributed by atoms with Gasteiger partial charge in [-0.05, 0) is 44.4 Å². The molecule has 0 bridgehead atoms. The fourth-order valence-corrected chi connectivity index (χ4v) is 5.09. The van der Waals surface area contributed by atoms with Gasteiger partial charge in [0.05, 0.1) is 4.90 Å². The first-order valence-corrected chi connectivity index (χ1v) is 10.5. The minimum Gasteiger partial charge on any atom is -0.333 e. The van der Waals surface area contributed by atoms with Gasteiger partial charge in [0.25, 0.3) is 5.91 Å². The highest BCUT2D eigenvalue weighted by atomic mass is 32.2. The molecule has 0 unspecified atom stereocenters. The van der Waals surface area contributed by atoms with Crippen LogP contribution in [0.25, 0.3) is 0 Å². The van der Waals surface area contributed by atoms with Crippen molar-refractivity contribution in [3.8, 4) is 0 Å². The maximum Gasteiger partial charge on any atom is 0.254 e. The Bertz CT molecular complexity index is 742. The summed E-state index contributed by atoms with van der Waals surface area (Å²) < 4.78 is 27.4. The van der Waals surface area contributed by atoms with Crippen LogP contribution in [0.3, 0.4) is 0 Å². The molecule has 1 aromatic carbocycles. The Hall–Kier alpha value is -1.44. The topological polar surface area (TPSA) is 69.7 Å². The number of sulfonamides is 1. The third-order valence-electron chi connectivity index (χ3n) is 5.15. The molecule has 1 atom stereocenters. The monoisotopic (exact) mass is 365 g/mol. The molecule has 6 nitrogen and oxygen atoms in total. The molecule has 1 N–H and O–H groups in total. The van der Waals surface area contributed by atoms with E-state index in [2.05, 4.69) is 5.32 Å². The number of benzene rings is 1. The number of nitrogens with one attached hydrogen (secondary N) is 1. The highest BCUT2D eigenvalue weighted by Crippen LogP contribution is 2.24. The quantitative estimate of drug-likeness (QED) is 0.883. The van der Waals surface area contributed by atoms with Gasteiger partial charge < -0.3 is 10.2 Å². The SMILES string of the molecule is Cc1ccc(S(=O)(=O)N2CCCCC2)cc1C(=O)N1CCNC[C@@H]1C. The molecule has 138 valence electrons. The Kier molecular flexibility index (Phi) is 5.46. The molecule has 2 aliphatic rings. The number of amides is 1. The van der Waals surface area contributed by atoms with Crippen LogP contribution in [-0.2, 0) is 10.0 Å². The summed E-state index contributed by atoms with van der Waals surface area (Å²) in [6.45, 7) is 7.16. The zero-order chi connectivity index (χ0) is 18.0. The van der Waals surface area contributed by atoms with Gasteiger partial charge in [0.15, 0.2) is 0 Å². The fraction of sp³-hybridized carbons (Fsp3) is 0.611. The molecular formula is C18H27N3O3S. The summed E-state index contributed by atoms with van der Waals surface area (Å²) in [6, 6.07) is 5.04. The smallest absolute Gasteiger partial charge is 0.254 e. The van der Waals surface area contributed by atoms with Crippen molar-refractivity contribution in [3.05, 3.63) is 29.3 Å². The van der Waals surface area contributed by atoms with E-state index in [0.29, 0.717) is 25.2 Å². The zero-order valence-corrected chi connectivity index (χ0v) is 15.8. The molecule has 2 fully saturated rings. The van der Waals surface area contributed by atoms with Gasteiger partial charge in [-0.25, -0.2) is 8.42 Å². The molecule has 2 aliphatic heterocycles. The van der Waals surface area contributed by atoms with Crippen LogP contribution in [0.2, 0.25) is 0 Å². The normalized spacial score (nSPS) is 22.8. The lowest BCUT2D eigenvalue weighted by molar-refractivity contribution is 0.0654. The number of piperazine rings is 1. The van der Waals surface area contributed by atoms with Crippen LogP contribution < -0.4 is 5.32 Å². The number of carbonyl (C=O) groups excluding carboxylic acids is 1. The van der Waals surface area contributed by atoms with E-state index in [1.54, 1.807) is 22.5 Å². The number of carbonyl (C=O) groups is 1. The summed E-state index contributed by atoms with van der Waals surface area (Å²) in [5.74, 6) is -0.0813. The molecule has 0 aliphatic carbocycles. The van der Waals surface area contributed by atoms with Gasteiger partial charge in [0, 0.05) is 44.3 Å². The van der Waals surface area contributed by atoms with E-state index in [0.717, 1.165) is 37.9 Å². The van der Waals surface area contributed by atoms with Crippen molar-refractivity contribution in [1.29, 1.82) is 0 Å². The first-order chi connectivity index (χ1) is 11.9. The lowest BCUT2D eigenvalue weighted by Gasteiger charge is -2.34. The van der Waals surface area contributed by atoms with E-state index in [1.165, 1.54) is 0 Å². The van der Waals surface area contributed by atoms with Crippen molar-refractivity contribution in [1.82, 2.24) is 14.5 Å². The number of rotatable bonds is 3. The first-order valence-electron chi connectivity index (χ1n) is 9.04. The molecule has 0 radical (unpaired) electrons. The predicted octanol–water partition coefficient (Wildman–Crippen LogP) is 1.60. The fourth-order valence-electron chi connectivity index (χ4n) is 3.54.